The molecule has 0 fully saturated rings. The molecule has 0 saturated heterocycles. The number of fused-ring (bicyclic) bond motifs is 1. The minimum Gasteiger partial charge on any atom is -0.397 e. The van der Waals surface area contributed by atoms with Crippen LogP contribution >= 0.6 is 0 Å². The number of aromatic nitrogens is 4. The Hall–Kier alpha value is -2.63. The summed E-state index contributed by atoms with van der Waals surface area (Å²) in [6.45, 7) is 0. The number of nitrogens with one attached hydrogen (secondary N) is 2. The molecule has 0 saturated carbocycles. The lowest BCUT2D eigenvalue weighted by Crippen LogP contribution is -1.93. The van der Waals surface area contributed by atoms with Crippen molar-refractivity contribution >= 4 is 22.7 Å². The fraction of sp³-hybridized carbons (Fsp3) is 0.0833. The van der Waals surface area contributed by atoms with Gasteiger partial charge in [0.15, 0.2) is 11.5 Å². The second kappa shape index (κ2) is 3.99. The topological polar surface area (TPSA) is 92.5 Å². The highest BCUT2D eigenvalue weighted by Crippen LogP contribution is 2.22. The maximum absolute atomic E-state index is 5.88. The summed E-state index contributed by atoms with van der Waals surface area (Å²) in [4.78, 5) is 16.1. The molecule has 90 valence electrons. The fourth-order valence-electron chi connectivity index (χ4n) is 1.76. The SMILES string of the molecule is CNc1ccc2[nH]c(-c3ncccc3N)nc2n1. The van der Waals surface area contributed by atoms with Crippen molar-refractivity contribution in [2.45, 2.75) is 0 Å². The maximum atomic E-state index is 5.88. The number of hydrogen-bond acceptors (Lipinski definition) is 5. The van der Waals surface area contributed by atoms with Gasteiger partial charge in [0, 0.05) is 13.2 Å². The monoisotopic (exact) mass is 240 g/mol. The zero-order valence-corrected chi connectivity index (χ0v) is 9.81. The number of imidazole rings is 1. The third-order valence-corrected chi connectivity index (χ3v) is 2.67. The van der Waals surface area contributed by atoms with Crippen LogP contribution in [-0.2, 0) is 0 Å². The molecule has 3 aromatic heterocycles. The van der Waals surface area contributed by atoms with Crippen LogP contribution in [0.1, 0.15) is 0 Å². The summed E-state index contributed by atoms with van der Waals surface area (Å²) in [5, 5.41) is 2.97. The van der Waals surface area contributed by atoms with E-state index in [-0.39, 0.29) is 0 Å². The number of aromatic amines is 1. The van der Waals surface area contributed by atoms with Crippen LogP contribution in [0.4, 0.5) is 11.5 Å². The van der Waals surface area contributed by atoms with Crippen molar-refractivity contribution in [3.8, 4) is 11.5 Å². The lowest BCUT2D eigenvalue weighted by Gasteiger charge is -1.98. The highest BCUT2D eigenvalue weighted by atomic mass is 15.1. The molecule has 0 spiro atoms. The molecule has 4 N–H and O–H groups in total. The highest BCUT2D eigenvalue weighted by molar-refractivity contribution is 5.79. The quantitative estimate of drug-likeness (QED) is 0.633. The molecule has 0 aliphatic carbocycles. The lowest BCUT2D eigenvalue weighted by molar-refractivity contribution is 1.23. The number of pyridine rings is 2. The second-order valence-corrected chi connectivity index (χ2v) is 3.84. The Labute approximate surface area is 103 Å². The molecule has 0 bridgehead atoms. The van der Waals surface area contributed by atoms with Gasteiger partial charge in [-0.3, -0.25) is 4.98 Å². The highest BCUT2D eigenvalue weighted by Gasteiger charge is 2.10. The van der Waals surface area contributed by atoms with E-state index in [1.165, 1.54) is 0 Å². The standard InChI is InChI=1S/C12H12N6/c1-14-9-5-4-8-11(17-9)18-12(16-8)10-7(13)3-2-6-15-10/h2-6H,13H2,1H3,(H2,14,16,17,18). The van der Waals surface area contributed by atoms with Gasteiger partial charge < -0.3 is 16.0 Å². The van der Waals surface area contributed by atoms with Crippen LogP contribution < -0.4 is 11.1 Å². The minimum absolute atomic E-state index is 0.588. The Bertz CT molecular complexity index is 703. The van der Waals surface area contributed by atoms with Gasteiger partial charge in [0.1, 0.15) is 11.5 Å². The number of H-pyrrole nitrogens is 1. The summed E-state index contributed by atoms with van der Waals surface area (Å²) in [5.74, 6) is 1.40. The van der Waals surface area contributed by atoms with Crippen molar-refractivity contribution in [1.29, 1.82) is 0 Å². The van der Waals surface area contributed by atoms with Gasteiger partial charge in [0.05, 0.1) is 11.2 Å². The molecule has 6 heteroatoms. The van der Waals surface area contributed by atoms with Crippen molar-refractivity contribution in [1.82, 2.24) is 19.9 Å². The van der Waals surface area contributed by atoms with E-state index >= 15 is 0 Å². The van der Waals surface area contributed by atoms with Crippen molar-refractivity contribution < 1.29 is 0 Å². The Morgan fingerprint density at radius 1 is 1.22 bits per heavy atom. The summed E-state index contributed by atoms with van der Waals surface area (Å²) in [6.07, 6.45) is 1.69. The van der Waals surface area contributed by atoms with Crippen LogP contribution in [-0.4, -0.2) is 27.0 Å². The largest absolute Gasteiger partial charge is 0.397 e. The van der Waals surface area contributed by atoms with E-state index in [2.05, 4.69) is 25.3 Å². The third-order valence-electron chi connectivity index (χ3n) is 2.67. The number of nitrogen functional groups attached to an aromatic ring is 1. The normalized spacial score (nSPS) is 10.7. The second-order valence-electron chi connectivity index (χ2n) is 3.84. The number of anilines is 2. The smallest absolute Gasteiger partial charge is 0.180 e. The maximum Gasteiger partial charge on any atom is 0.180 e. The van der Waals surface area contributed by atoms with Gasteiger partial charge >= 0.3 is 0 Å². The first-order chi connectivity index (χ1) is 8.78. The molecule has 0 atom stereocenters. The van der Waals surface area contributed by atoms with E-state index < -0.39 is 0 Å². The Morgan fingerprint density at radius 3 is 2.89 bits per heavy atom. The van der Waals surface area contributed by atoms with Crippen LogP contribution in [0.5, 0.6) is 0 Å². The molecule has 0 aromatic carbocycles. The average molecular weight is 240 g/mol. The van der Waals surface area contributed by atoms with Crippen LogP contribution in [0, 0.1) is 0 Å². The molecule has 3 heterocycles. The van der Waals surface area contributed by atoms with Crippen molar-refractivity contribution in [3.05, 3.63) is 30.5 Å². The Balaban J connectivity index is 2.17. The Kier molecular flexibility index (Phi) is 2.33. The first-order valence-corrected chi connectivity index (χ1v) is 5.53. The summed E-state index contributed by atoms with van der Waals surface area (Å²) in [6, 6.07) is 7.39. The van der Waals surface area contributed by atoms with E-state index in [9.17, 15) is 0 Å². The molecule has 3 aromatic rings. The lowest BCUT2D eigenvalue weighted by atomic mass is 10.3. The number of hydrogen-bond donors (Lipinski definition) is 3. The molecule has 0 radical (unpaired) electrons. The van der Waals surface area contributed by atoms with E-state index in [0.717, 1.165) is 11.3 Å². The molecular weight excluding hydrogens is 228 g/mol. The third kappa shape index (κ3) is 1.64. The van der Waals surface area contributed by atoms with Crippen LogP contribution in [0.25, 0.3) is 22.7 Å². The predicted molar refractivity (Wildman–Crippen MR) is 71.1 cm³/mol. The van der Waals surface area contributed by atoms with Gasteiger partial charge in [-0.1, -0.05) is 0 Å². The zero-order chi connectivity index (χ0) is 12.5. The van der Waals surface area contributed by atoms with Gasteiger partial charge in [-0.05, 0) is 24.3 Å². The predicted octanol–water partition coefficient (Wildman–Crippen LogP) is 1.64. The number of nitrogens with two attached hydrogens (primary N) is 1. The molecule has 0 aliphatic rings. The van der Waals surface area contributed by atoms with Gasteiger partial charge in [0.2, 0.25) is 0 Å². The van der Waals surface area contributed by atoms with E-state index in [1.54, 1.807) is 18.3 Å². The summed E-state index contributed by atoms with van der Waals surface area (Å²) in [5.41, 5.74) is 8.60. The van der Waals surface area contributed by atoms with Crippen LogP contribution in [0.15, 0.2) is 30.5 Å². The van der Waals surface area contributed by atoms with Gasteiger partial charge in [-0.2, -0.15) is 0 Å². The first-order valence-electron chi connectivity index (χ1n) is 5.53. The minimum atomic E-state index is 0.588. The summed E-state index contributed by atoms with van der Waals surface area (Å²) >= 11 is 0. The molecule has 3 rings (SSSR count). The van der Waals surface area contributed by atoms with E-state index in [1.807, 2.05) is 19.2 Å². The number of nitrogens with zero attached hydrogens (tertiary/aromatic N) is 3. The molecule has 6 nitrogen and oxygen atoms in total. The fourth-order valence-corrected chi connectivity index (χ4v) is 1.76. The molecule has 0 unspecified atom stereocenters. The summed E-state index contributed by atoms with van der Waals surface area (Å²) < 4.78 is 0. The van der Waals surface area contributed by atoms with Gasteiger partial charge in [-0.15, -0.1) is 0 Å². The van der Waals surface area contributed by atoms with Crippen molar-refractivity contribution in [2.75, 3.05) is 18.1 Å². The summed E-state index contributed by atoms with van der Waals surface area (Å²) in [7, 11) is 1.82. The molecule has 0 amide bonds. The first kappa shape index (κ1) is 10.5. The molecular formula is C12H12N6. The Morgan fingerprint density at radius 2 is 2.11 bits per heavy atom. The van der Waals surface area contributed by atoms with Crippen molar-refractivity contribution in [3.63, 3.8) is 0 Å². The van der Waals surface area contributed by atoms with E-state index in [4.69, 9.17) is 5.73 Å². The van der Waals surface area contributed by atoms with Crippen LogP contribution in [0.3, 0.4) is 0 Å². The van der Waals surface area contributed by atoms with Gasteiger partial charge in [-0.25, -0.2) is 9.97 Å². The van der Waals surface area contributed by atoms with E-state index in [0.29, 0.717) is 22.9 Å². The number of rotatable bonds is 2. The van der Waals surface area contributed by atoms with Crippen LogP contribution in [0.2, 0.25) is 0 Å². The molecule has 18 heavy (non-hydrogen) atoms. The van der Waals surface area contributed by atoms with Gasteiger partial charge in [0.25, 0.3) is 0 Å². The zero-order valence-electron chi connectivity index (χ0n) is 9.81. The molecule has 0 aliphatic heterocycles. The average Bonchev–Trinajstić information content (AvgIpc) is 2.81. The van der Waals surface area contributed by atoms with Crippen molar-refractivity contribution in [2.24, 2.45) is 0 Å².